The molecular weight excluding hydrogens is 352 g/mol. The minimum atomic E-state index is -0.0239. The van der Waals surface area contributed by atoms with E-state index in [1.54, 1.807) is 22.2 Å². The number of fused-ring (bicyclic) bond motifs is 1. The van der Waals surface area contributed by atoms with E-state index in [0.29, 0.717) is 5.75 Å². The van der Waals surface area contributed by atoms with E-state index in [-0.39, 0.29) is 5.56 Å². The Kier molecular flexibility index (Phi) is 4.19. The van der Waals surface area contributed by atoms with Crippen molar-refractivity contribution in [3.8, 4) is 11.3 Å². The van der Waals surface area contributed by atoms with Gasteiger partial charge in [0.15, 0.2) is 10.1 Å². The minimum Gasteiger partial charge on any atom is -0.322 e. The highest BCUT2D eigenvalue weighted by Gasteiger charge is 2.11. The Labute approximate surface area is 153 Å². The number of thioether (sulfide) groups is 1. The van der Waals surface area contributed by atoms with Crippen LogP contribution in [0.4, 0.5) is 0 Å². The molecule has 0 spiro atoms. The van der Waals surface area contributed by atoms with Gasteiger partial charge in [0.05, 0.1) is 17.6 Å². The molecule has 4 aromatic rings. The topological polar surface area (TPSA) is 52.2 Å². The molecule has 3 heterocycles. The third-order valence-electron chi connectivity index (χ3n) is 3.99. The molecule has 3 aromatic heterocycles. The van der Waals surface area contributed by atoms with Gasteiger partial charge in [-0.05, 0) is 12.5 Å². The van der Waals surface area contributed by atoms with Gasteiger partial charge in [-0.3, -0.25) is 9.20 Å². The zero-order chi connectivity index (χ0) is 17.4. The average molecular weight is 368 g/mol. The van der Waals surface area contributed by atoms with Gasteiger partial charge in [0.1, 0.15) is 0 Å². The molecule has 0 saturated heterocycles. The Bertz CT molecular complexity index is 1100. The number of benzene rings is 1. The highest BCUT2D eigenvalue weighted by molar-refractivity contribution is 7.98. The first-order chi connectivity index (χ1) is 12.1. The molecule has 0 aliphatic carbocycles. The first kappa shape index (κ1) is 16.1. The molecule has 0 fully saturated rings. The summed E-state index contributed by atoms with van der Waals surface area (Å²) in [6.07, 6.45) is 1.88. The lowest BCUT2D eigenvalue weighted by Crippen LogP contribution is -2.14. The fourth-order valence-electron chi connectivity index (χ4n) is 2.72. The van der Waals surface area contributed by atoms with E-state index in [4.69, 9.17) is 0 Å². The van der Waals surface area contributed by atoms with Gasteiger partial charge in [-0.2, -0.15) is 0 Å². The summed E-state index contributed by atoms with van der Waals surface area (Å²) < 4.78 is 3.72. The fraction of sp³-hybridized carbons (Fsp3) is 0.167. The normalized spacial score (nSPS) is 11.3. The predicted octanol–water partition coefficient (Wildman–Crippen LogP) is 3.76. The van der Waals surface area contributed by atoms with E-state index in [9.17, 15) is 4.79 Å². The molecule has 0 atom stereocenters. The van der Waals surface area contributed by atoms with Crippen LogP contribution in [-0.4, -0.2) is 18.9 Å². The Morgan fingerprint density at radius 2 is 2.04 bits per heavy atom. The van der Waals surface area contributed by atoms with E-state index < -0.39 is 0 Å². The van der Waals surface area contributed by atoms with Gasteiger partial charge in [0, 0.05) is 29.9 Å². The molecule has 0 radical (unpaired) electrons. The SMILES string of the molecule is Cc1csc2nc(CSc3ncc(-c4ccccc4)n3C)cc(=O)n12. The highest BCUT2D eigenvalue weighted by Crippen LogP contribution is 2.26. The van der Waals surface area contributed by atoms with Crippen molar-refractivity contribution in [1.82, 2.24) is 18.9 Å². The lowest BCUT2D eigenvalue weighted by atomic mass is 10.2. The second-order valence-electron chi connectivity index (χ2n) is 5.72. The van der Waals surface area contributed by atoms with Gasteiger partial charge in [0.25, 0.3) is 5.56 Å². The van der Waals surface area contributed by atoms with Gasteiger partial charge in [-0.25, -0.2) is 9.97 Å². The number of imidazole rings is 1. The van der Waals surface area contributed by atoms with Crippen molar-refractivity contribution in [3.05, 3.63) is 69.7 Å². The number of hydrogen-bond donors (Lipinski definition) is 0. The van der Waals surface area contributed by atoms with Crippen molar-refractivity contribution < 1.29 is 0 Å². The highest BCUT2D eigenvalue weighted by atomic mass is 32.2. The van der Waals surface area contributed by atoms with E-state index in [1.807, 2.05) is 43.7 Å². The summed E-state index contributed by atoms with van der Waals surface area (Å²) in [5.74, 6) is 0.613. The molecule has 7 heteroatoms. The standard InChI is InChI=1S/C18H16N4OS2/c1-12-10-24-18-20-14(8-16(23)22(12)18)11-25-17-19-9-15(21(17)2)13-6-4-3-5-7-13/h3-10H,11H2,1-2H3. The van der Waals surface area contributed by atoms with Crippen LogP contribution in [0.5, 0.6) is 0 Å². The lowest BCUT2D eigenvalue weighted by molar-refractivity contribution is 0.796. The quantitative estimate of drug-likeness (QED) is 0.515. The Balaban J connectivity index is 1.58. The van der Waals surface area contributed by atoms with Crippen LogP contribution in [-0.2, 0) is 12.8 Å². The second kappa shape index (κ2) is 6.50. The van der Waals surface area contributed by atoms with E-state index in [1.165, 1.54) is 11.3 Å². The van der Waals surface area contributed by atoms with E-state index in [0.717, 1.165) is 32.8 Å². The van der Waals surface area contributed by atoms with Crippen LogP contribution >= 0.6 is 23.1 Å². The molecular formula is C18H16N4OS2. The number of nitrogens with zero attached hydrogens (tertiary/aromatic N) is 4. The van der Waals surface area contributed by atoms with Crippen LogP contribution in [0.3, 0.4) is 0 Å². The van der Waals surface area contributed by atoms with Crippen LogP contribution in [0.1, 0.15) is 11.4 Å². The van der Waals surface area contributed by atoms with Crippen molar-refractivity contribution in [2.45, 2.75) is 17.8 Å². The zero-order valence-corrected chi connectivity index (χ0v) is 15.5. The molecule has 4 rings (SSSR count). The van der Waals surface area contributed by atoms with Crippen LogP contribution in [0.15, 0.2) is 57.9 Å². The smallest absolute Gasteiger partial charge is 0.258 e. The maximum atomic E-state index is 12.2. The third kappa shape index (κ3) is 3.01. The van der Waals surface area contributed by atoms with Crippen molar-refractivity contribution in [2.24, 2.45) is 7.05 Å². The molecule has 0 amide bonds. The number of thiazole rings is 1. The third-order valence-corrected chi connectivity index (χ3v) is 6.01. The fourth-order valence-corrected chi connectivity index (χ4v) is 4.45. The minimum absolute atomic E-state index is 0.0239. The molecule has 0 aliphatic rings. The van der Waals surface area contributed by atoms with E-state index in [2.05, 4.69) is 26.7 Å². The summed E-state index contributed by atoms with van der Waals surface area (Å²) in [7, 11) is 2.01. The summed E-state index contributed by atoms with van der Waals surface area (Å²) in [5.41, 5.74) is 3.88. The molecule has 126 valence electrons. The predicted molar refractivity (Wildman–Crippen MR) is 102 cm³/mol. The summed E-state index contributed by atoms with van der Waals surface area (Å²) in [6, 6.07) is 11.8. The molecule has 5 nitrogen and oxygen atoms in total. The summed E-state index contributed by atoms with van der Waals surface area (Å²) in [5, 5.41) is 2.86. The Morgan fingerprint density at radius 3 is 2.84 bits per heavy atom. The van der Waals surface area contributed by atoms with Crippen molar-refractivity contribution in [2.75, 3.05) is 0 Å². The molecule has 1 aromatic carbocycles. The maximum absolute atomic E-state index is 12.2. The average Bonchev–Trinajstić information content (AvgIpc) is 3.17. The Hall–Kier alpha value is -2.38. The summed E-state index contributed by atoms with van der Waals surface area (Å²) >= 11 is 3.08. The largest absolute Gasteiger partial charge is 0.322 e. The molecule has 0 saturated carbocycles. The first-order valence-electron chi connectivity index (χ1n) is 7.80. The molecule has 0 aliphatic heterocycles. The van der Waals surface area contributed by atoms with Crippen molar-refractivity contribution in [1.29, 1.82) is 0 Å². The van der Waals surface area contributed by atoms with Crippen LogP contribution in [0, 0.1) is 6.92 Å². The van der Waals surface area contributed by atoms with Gasteiger partial charge >= 0.3 is 0 Å². The van der Waals surface area contributed by atoms with Crippen molar-refractivity contribution >= 4 is 28.1 Å². The number of aryl methyl sites for hydroxylation is 1. The second-order valence-corrected chi connectivity index (χ2v) is 7.50. The number of rotatable bonds is 4. The number of hydrogen-bond acceptors (Lipinski definition) is 5. The number of aromatic nitrogens is 4. The summed E-state index contributed by atoms with van der Waals surface area (Å²) in [4.78, 5) is 22.1. The maximum Gasteiger partial charge on any atom is 0.258 e. The first-order valence-corrected chi connectivity index (χ1v) is 9.67. The van der Waals surface area contributed by atoms with Crippen molar-refractivity contribution in [3.63, 3.8) is 0 Å². The zero-order valence-electron chi connectivity index (χ0n) is 13.8. The molecule has 25 heavy (non-hydrogen) atoms. The van der Waals surface area contributed by atoms with Gasteiger partial charge < -0.3 is 4.57 Å². The van der Waals surface area contributed by atoms with Crippen LogP contribution < -0.4 is 5.56 Å². The van der Waals surface area contributed by atoms with Gasteiger partial charge in [0.2, 0.25) is 0 Å². The van der Waals surface area contributed by atoms with Gasteiger partial charge in [-0.15, -0.1) is 11.3 Å². The lowest BCUT2D eigenvalue weighted by Gasteiger charge is -2.06. The van der Waals surface area contributed by atoms with Crippen LogP contribution in [0.2, 0.25) is 0 Å². The van der Waals surface area contributed by atoms with Crippen LogP contribution in [0.25, 0.3) is 16.2 Å². The Morgan fingerprint density at radius 1 is 1.24 bits per heavy atom. The van der Waals surface area contributed by atoms with Gasteiger partial charge in [-0.1, -0.05) is 42.1 Å². The molecule has 0 unspecified atom stereocenters. The van der Waals surface area contributed by atoms with E-state index >= 15 is 0 Å². The molecule has 0 bridgehead atoms. The monoisotopic (exact) mass is 368 g/mol. The molecule has 0 N–H and O–H groups in total. The summed E-state index contributed by atoms with van der Waals surface area (Å²) in [6.45, 7) is 1.92.